The molecule has 0 aliphatic rings. The van der Waals surface area contributed by atoms with Crippen LogP contribution in [-0.4, -0.2) is 134 Å². The van der Waals surface area contributed by atoms with E-state index >= 15 is 0 Å². The standard InChI is InChI=1S/C23H23BrN4O2.C20H24BrN5O3/c1-28(13-16-5-3-2-4-6-16)14-19(29)15-30-20-9-7-17(8-10-20)22-26-21-11-18(24)12-25-23(21)27-22;1-25(2)18(28)11-26(3)10-15(27)12-29-16-6-4-13(5-7-16)19-23-17-8-14(21)9-22-20(17)24-19/h2-12,19,29H,13-15H2,1H3,(H,25,26,27);4-9,15,27H,10-12H2,1-3H3,(H,22,23,24). The number of aromatic nitrogens is 6. The molecule has 0 fully saturated rings. The number of amides is 1. The van der Waals surface area contributed by atoms with Gasteiger partial charge < -0.3 is 34.6 Å². The molecule has 3 aromatic carbocycles. The lowest BCUT2D eigenvalue weighted by molar-refractivity contribution is -0.129. The van der Waals surface area contributed by atoms with E-state index in [0.717, 1.165) is 49.3 Å². The van der Waals surface area contributed by atoms with Crippen molar-refractivity contribution >= 4 is 60.1 Å². The van der Waals surface area contributed by atoms with E-state index in [1.54, 1.807) is 38.4 Å². The molecule has 59 heavy (non-hydrogen) atoms. The van der Waals surface area contributed by atoms with Gasteiger partial charge in [-0.2, -0.15) is 0 Å². The Balaban J connectivity index is 0.000000199. The molecular weight excluding hydrogens is 882 g/mol. The molecule has 1 amide bonds. The molecule has 0 bridgehead atoms. The minimum Gasteiger partial charge on any atom is -0.491 e. The summed E-state index contributed by atoms with van der Waals surface area (Å²) < 4.78 is 13.2. The molecule has 7 aromatic rings. The fourth-order valence-corrected chi connectivity index (χ4v) is 6.71. The van der Waals surface area contributed by atoms with E-state index in [1.807, 2.05) is 85.9 Å². The molecule has 4 aromatic heterocycles. The number of pyridine rings is 2. The van der Waals surface area contributed by atoms with E-state index in [4.69, 9.17) is 9.47 Å². The molecule has 14 nitrogen and oxygen atoms in total. The fraction of sp³-hybridized carbons (Fsp3) is 0.279. The van der Waals surface area contributed by atoms with Crippen molar-refractivity contribution in [3.05, 3.63) is 118 Å². The molecule has 0 aliphatic heterocycles. The summed E-state index contributed by atoms with van der Waals surface area (Å²) in [4.78, 5) is 41.2. The van der Waals surface area contributed by atoms with Gasteiger partial charge >= 0.3 is 0 Å². The van der Waals surface area contributed by atoms with Crippen molar-refractivity contribution in [3.8, 4) is 34.3 Å². The second-order valence-corrected chi connectivity index (χ2v) is 16.2. The number of imidazole rings is 2. The number of aromatic amines is 2. The Bertz CT molecular complexity index is 2410. The molecule has 4 N–H and O–H groups in total. The van der Waals surface area contributed by atoms with Gasteiger partial charge in [-0.1, -0.05) is 30.3 Å². The summed E-state index contributed by atoms with van der Waals surface area (Å²) in [7, 11) is 7.20. The second-order valence-electron chi connectivity index (χ2n) is 14.4. The number of fused-ring (bicyclic) bond motifs is 2. The first-order valence-electron chi connectivity index (χ1n) is 18.8. The SMILES string of the molecule is CN(CC(=O)N(C)C)CC(O)COc1ccc(-c2nc3ncc(Br)cc3[nH]2)cc1.CN(Cc1ccccc1)CC(O)COc1ccc(-c2nc3ncc(Br)cc3[nH]2)cc1. The van der Waals surface area contributed by atoms with Gasteiger partial charge in [0.1, 0.15) is 48.6 Å². The molecule has 0 saturated carbocycles. The van der Waals surface area contributed by atoms with Crippen molar-refractivity contribution in [2.24, 2.45) is 0 Å². The Hall–Kier alpha value is -5.23. The number of aliphatic hydroxyl groups excluding tert-OH is 2. The van der Waals surface area contributed by atoms with E-state index in [-0.39, 0.29) is 25.7 Å². The van der Waals surface area contributed by atoms with Crippen molar-refractivity contribution in [2.45, 2.75) is 18.8 Å². The molecule has 7 rings (SSSR count). The van der Waals surface area contributed by atoms with E-state index in [1.165, 1.54) is 10.5 Å². The molecule has 2 atom stereocenters. The zero-order valence-corrected chi connectivity index (χ0v) is 36.4. The van der Waals surface area contributed by atoms with Crippen molar-refractivity contribution < 1.29 is 24.5 Å². The molecule has 0 aliphatic carbocycles. The molecule has 0 radical (unpaired) electrons. The predicted molar refractivity (Wildman–Crippen MR) is 236 cm³/mol. The number of halogens is 2. The summed E-state index contributed by atoms with van der Waals surface area (Å²) in [6.07, 6.45) is 2.17. The van der Waals surface area contributed by atoms with Crippen LogP contribution in [0.2, 0.25) is 0 Å². The van der Waals surface area contributed by atoms with Crippen LogP contribution in [0.5, 0.6) is 11.5 Å². The maximum absolute atomic E-state index is 11.7. The number of nitrogens with one attached hydrogen (secondary N) is 2. The molecule has 16 heteroatoms. The second kappa shape index (κ2) is 20.6. The summed E-state index contributed by atoms with van der Waals surface area (Å²) in [5, 5.41) is 20.5. The average molecular weight is 930 g/mol. The van der Waals surface area contributed by atoms with Gasteiger partial charge in [-0.25, -0.2) is 19.9 Å². The summed E-state index contributed by atoms with van der Waals surface area (Å²) in [6.45, 7) is 2.30. The van der Waals surface area contributed by atoms with E-state index in [2.05, 4.69) is 78.8 Å². The number of ether oxygens (including phenoxy) is 2. The zero-order chi connectivity index (χ0) is 41.9. The van der Waals surface area contributed by atoms with Crippen molar-refractivity contribution in [1.82, 2.24) is 44.6 Å². The van der Waals surface area contributed by atoms with Crippen molar-refractivity contribution in [2.75, 3.05) is 61.0 Å². The van der Waals surface area contributed by atoms with Crippen LogP contribution in [-0.2, 0) is 11.3 Å². The molecular formula is C43H47Br2N9O5. The van der Waals surface area contributed by atoms with Crippen LogP contribution >= 0.6 is 31.9 Å². The number of nitrogens with zero attached hydrogens (tertiary/aromatic N) is 7. The zero-order valence-electron chi connectivity index (χ0n) is 33.2. The summed E-state index contributed by atoms with van der Waals surface area (Å²) >= 11 is 6.82. The van der Waals surface area contributed by atoms with E-state index in [9.17, 15) is 15.0 Å². The van der Waals surface area contributed by atoms with Crippen LogP contribution in [0.3, 0.4) is 0 Å². The van der Waals surface area contributed by atoms with Gasteiger partial charge in [0.05, 0.1) is 17.6 Å². The monoisotopic (exact) mass is 927 g/mol. The number of hydrogen-bond donors (Lipinski definition) is 4. The molecule has 0 saturated heterocycles. The topological polar surface area (TPSA) is 169 Å². The van der Waals surface area contributed by atoms with Gasteiger partial charge in [-0.15, -0.1) is 0 Å². The maximum Gasteiger partial charge on any atom is 0.236 e. The highest BCUT2D eigenvalue weighted by atomic mass is 79.9. The summed E-state index contributed by atoms with van der Waals surface area (Å²) in [5.41, 5.74) is 6.14. The largest absolute Gasteiger partial charge is 0.491 e. The molecule has 2 unspecified atom stereocenters. The number of carbonyl (C=O) groups excluding carboxylic acids is 1. The van der Waals surface area contributed by atoms with Gasteiger partial charge in [0.25, 0.3) is 0 Å². The highest BCUT2D eigenvalue weighted by Gasteiger charge is 2.15. The molecule has 308 valence electrons. The van der Waals surface area contributed by atoms with Crippen LogP contribution in [0, 0.1) is 0 Å². The van der Waals surface area contributed by atoms with E-state index < -0.39 is 12.2 Å². The van der Waals surface area contributed by atoms with Crippen LogP contribution in [0.15, 0.2) is 112 Å². The van der Waals surface area contributed by atoms with Gasteiger partial charge in [0, 0.05) is 66.2 Å². The van der Waals surface area contributed by atoms with Crippen LogP contribution < -0.4 is 9.47 Å². The summed E-state index contributed by atoms with van der Waals surface area (Å²) in [6, 6.07) is 29.2. The van der Waals surface area contributed by atoms with Crippen LogP contribution in [0.25, 0.3) is 45.1 Å². The fourth-order valence-electron chi connectivity index (χ4n) is 6.05. The molecule has 4 heterocycles. The van der Waals surface area contributed by atoms with Gasteiger partial charge in [-0.3, -0.25) is 14.6 Å². The number of hydrogen-bond acceptors (Lipinski definition) is 11. The lowest BCUT2D eigenvalue weighted by atomic mass is 10.2. The number of benzene rings is 3. The van der Waals surface area contributed by atoms with Gasteiger partial charge in [-0.05, 0) is 112 Å². The Kier molecular flexibility index (Phi) is 15.2. The number of carbonyl (C=O) groups is 1. The van der Waals surface area contributed by atoms with Crippen molar-refractivity contribution in [3.63, 3.8) is 0 Å². The van der Waals surface area contributed by atoms with E-state index in [0.29, 0.717) is 35.9 Å². The molecule has 0 spiro atoms. The normalized spacial score (nSPS) is 12.4. The van der Waals surface area contributed by atoms with Gasteiger partial charge in [0.15, 0.2) is 11.3 Å². The highest BCUT2D eigenvalue weighted by molar-refractivity contribution is 9.10. The average Bonchev–Trinajstić information content (AvgIpc) is 3.84. The Morgan fingerprint density at radius 3 is 1.59 bits per heavy atom. The minimum atomic E-state index is -0.700. The number of aliphatic hydroxyl groups is 2. The number of likely N-dealkylation sites (N-methyl/N-ethyl adjacent to an activating group) is 3. The first-order chi connectivity index (χ1) is 28.4. The van der Waals surface area contributed by atoms with Gasteiger partial charge in [0.2, 0.25) is 5.91 Å². The first-order valence-corrected chi connectivity index (χ1v) is 20.4. The predicted octanol–water partition coefficient (Wildman–Crippen LogP) is 6.41. The Morgan fingerprint density at radius 1 is 0.678 bits per heavy atom. The quantitative estimate of drug-likeness (QED) is 0.0846. The van der Waals surface area contributed by atoms with Crippen molar-refractivity contribution in [1.29, 1.82) is 0 Å². The smallest absolute Gasteiger partial charge is 0.236 e. The third kappa shape index (κ3) is 12.9. The Labute approximate surface area is 359 Å². The third-order valence-electron chi connectivity index (χ3n) is 8.99. The number of H-pyrrole nitrogens is 2. The van der Waals surface area contributed by atoms with Crippen LogP contribution in [0.4, 0.5) is 0 Å². The summed E-state index contributed by atoms with van der Waals surface area (Å²) in [5.74, 6) is 2.83. The Morgan fingerprint density at radius 2 is 1.14 bits per heavy atom. The lowest BCUT2D eigenvalue weighted by Gasteiger charge is -2.21. The highest BCUT2D eigenvalue weighted by Crippen LogP contribution is 2.25. The lowest BCUT2D eigenvalue weighted by Crippen LogP contribution is -2.39. The minimum absolute atomic E-state index is 0.00986. The third-order valence-corrected chi connectivity index (χ3v) is 9.86. The first kappa shape index (κ1) is 43.4. The number of rotatable bonds is 16. The maximum atomic E-state index is 11.7. The van der Waals surface area contributed by atoms with Crippen LogP contribution in [0.1, 0.15) is 5.56 Å².